The first-order chi connectivity index (χ1) is 24.7. The third-order valence-corrected chi connectivity index (χ3v) is 10.3. The van der Waals surface area contributed by atoms with E-state index >= 15 is 4.39 Å². The van der Waals surface area contributed by atoms with Crippen molar-refractivity contribution in [2.75, 3.05) is 31.7 Å². The van der Waals surface area contributed by atoms with Crippen molar-refractivity contribution in [3.05, 3.63) is 51.7 Å². The highest BCUT2D eigenvalue weighted by molar-refractivity contribution is 8.07. The van der Waals surface area contributed by atoms with E-state index in [4.69, 9.17) is 46.9 Å². The van der Waals surface area contributed by atoms with Crippen molar-refractivity contribution in [1.82, 2.24) is 34.1 Å². The second kappa shape index (κ2) is 16.6. The average molecular weight is 786 g/mol. The Bertz CT molecular complexity index is 2140. The van der Waals surface area contributed by atoms with E-state index in [1.165, 1.54) is 16.8 Å². The van der Waals surface area contributed by atoms with Crippen LogP contribution in [0.2, 0.25) is 0 Å². The van der Waals surface area contributed by atoms with Gasteiger partial charge in [-0.2, -0.15) is 4.98 Å². The minimum absolute atomic E-state index is 0.00981. The number of hydrogen-bond donors (Lipinski definition) is 5. The zero-order valence-electron chi connectivity index (χ0n) is 27.3. The summed E-state index contributed by atoms with van der Waals surface area (Å²) in [5.74, 6) is -1.66. The van der Waals surface area contributed by atoms with E-state index in [0.717, 1.165) is 10.9 Å². The third kappa shape index (κ3) is 8.70. The Labute approximate surface area is 298 Å². The maximum Gasteiger partial charge on any atom is 0.695 e. The average Bonchev–Trinajstić information content (AvgIpc) is 3.77. The number of aromatic nitrogens is 7. The molecule has 4 aromatic rings. The van der Waals surface area contributed by atoms with Crippen molar-refractivity contribution in [2.45, 2.75) is 51.6 Å². The number of carbonyl (C=O) groups is 2. The Balaban J connectivity index is 1.35. The number of nitrogens with zero attached hydrogens (tertiary/aromatic N) is 7. The molecule has 52 heavy (non-hydrogen) atoms. The Morgan fingerprint density at radius 3 is 2.69 bits per heavy atom. The zero-order chi connectivity index (χ0) is 37.7. The number of ether oxygens (including phenoxy) is 1. The van der Waals surface area contributed by atoms with Gasteiger partial charge >= 0.3 is 15.0 Å². The molecule has 0 saturated carbocycles. The molecule has 25 heteroatoms. The highest BCUT2D eigenvalue weighted by atomic mass is 32.5. The number of amides is 2. The minimum Gasteiger partial charge on any atom is -0.388 e. The number of aromatic amines is 1. The van der Waals surface area contributed by atoms with Crippen molar-refractivity contribution in [2.24, 2.45) is 11.7 Å². The summed E-state index contributed by atoms with van der Waals surface area (Å²) >= 11 is 5.55. The van der Waals surface area contributed by atoms with Gasteiger partial charge in [-0.05, 0) is 17.9 Å². The van der Waals surface area contributed by atoms with Crippen LogP contribution in [-0.2, 0) is 57.1 Å². The van der Waals surface area contributed by atoms with Gasteiger partial charge in [0, 0.05) is 23.2 Å². The largest absolute Gasteiger partial charge is 0.695 e. The van der Waals surface area contributed by atoms with Crippen LogP contribution >= 0.6 is 15.0 Å². The van der Waals surface area contributed by atoms with Gasteiger partial charge in [0.2, 0.25) is 24.3 Å². The number of hydrogen-bond acceptors (Lipinski definition) is 15. The quantitative estimate of drug-likeness (QED) is 0.0572. The molecule has 278 valence electrons. The molecule has 0 bridgehead atoms. The minimum atomic E-state index is -3.75. The molecule has 1 aliphatic rings. The SMILES string of the molecule is [C-]#[N+]CCOP(=S)(OCCn1c(CO)nc2cc(C(N)=O)cnc21)OC[C@H]1O[C@@H](n2cnc3c(=O)[nH]c(NC(=O)C(C)C)nc32)[C@H](O[P+](=O)O)[C@@H]1F. The smallest absolute Gasteiger partial charge is 0.388 e. The van der Waals surface area contributed by atoms with Crippen molar-refractivity contribution in [3.8, 4) is 0 Å². The Hall–Kier alpha value is -4.20. The molecule has 2 unspecified atom stereocenters. The van der Waals surface area contributed by atoms with Crippen LogP contribution in [0.1, 0.15) is 36.3 Å². The molecular formula is C27H32FN10O11P2S+. The first-order valence-electron chi connectivity index (χ1n) is 15.3. The number of aliphatic hydroxyl groups is 1. The van der Waals surface area contributed by atoms with Gasteiger partial charge in [-0.3, -0.25) is 29.3 Å². The van der Waals surface area contributed by atoms with E-state index in [2.05, 4.69) is 35.1 Å². The highest BCUT2D eigenvalue weighted by Gasteiger charge is 2.52. The normalized spacial score (nSPS) is 20.3. The molecule has 21 nitrogen and oxygen atoms in total. The van der Waals surface area contributed by atoms with Crippen LogP contribution < -0.4 is 16.6 Å². The number of nitrogens with two attached hydrogens (primary N) is 1. The summed E-state index contributed by atoms with van der Waals surface area (Å²) in [5.41, 5.74) is 4.93. The van der Waals surface area contributed by atoms with Gasteiger partial charge in [-0.15, -0.1) is 9.42 Å². The summed E-state index contributed by atoms with van der Waals surface area (Å²) in [4.78, 5) is 68.4. The number of H-pyrrole nitrogens is 1. The van der Waals surface area contributed by atoms with Gasteiger partial charge < -0.3 is 38.6 Å². The lowest BCUT2D eigenvalue weighted by atomic mass is 10.1. The topological polar surface area (TPSA) is 275 Å². The number of primary amides is 1. The van der Waals surface area contributed by atoms with E-state index in [1.807, 2.05) is 0 Å². The molecule has 0 aliphatic carbocycles. The number of fused-ring (bicyclic) bond motifs is 2. The molecule has 2 amide bonds. The van der Waals surface area contributed by atoms with Crippen molar-refractivity contribution in [1.29, 1.82) is 0 Å². The fraction of sp³-hybridized carbons (Fsp3) is 0.481. The lowest BCUT2D eigenvalue weighted by Gasteiger charge is -2.23. The van der Waals surface area contributed by atoms with Gasteiger partial charge in [-0.25, -0.2) is 25.9 Å². The molecule has 4 aromatic heterocycles. The van der Waals surface area contributed by atoms with Gasteiger partial charge in [-0.1, -0.05) is 13.8 Å². The molecule has 0 radical (unpaired) electrons. The molecule has 1 saturated heterocycles. The van der Waals surface area contributed by atoms with Gasteiger partial charge in [0.05, 0.1) is 25.1 Å². The molecule has 1 fully saturated rings. The summed E-state index contributed by atoms with van der Waals surface area (Å²) in [6, 6.07) is 1.42. The summed E-state index contributed by atoms with van der Waals surface area (Å²) in [5, 5.41) is 12.3. The number of anilines is 1. The number of aliphatic hydroxyl groups excluding tert-OH is 1. The molecular weight excluding hydrogens is 753 g/mol. The lowest BCUT2D eigenvalue weighted by Crippen LogP contribution is -2.31. The number of alkyl halides is 1. The second-order valence-corrected chi connectivity index (χ2v) is 15.0. The number of pyridine rings is 1. The maximum absolute atomic E-state index is 15.9. The monoisotopic (exact) mass is 785 g/mol. The number of halogens is 1. The van der Waals surface area contributed by atoms with Gasteiger partial charge in [0.1, 0.15) is 30.7 Å². The molecule has 0 spiro atoms. The molecule has 0 aromatic carbocycles. The van der Waals surface area contributed by atoms with Crippen LogP contribution in [0.25, 0.3) is 27.2 Å². The molecule has 5 rings (SSSR count). The predicted molar refractivity (Wildman–Crippen MR) is 181 cm³/mol. The standard InChI is InChI=1S/C27H31FN10O11P2S/c1-13(2)24(41)35-27-34-23-19(25(42)36-27)32-12-38(23)26-20(49-50(43)44)18(28)16(48-26)11-47-51(52,45-6-4-30-3)46-7-5-37-17(10-39)33-15-8-14(21(29)40)9-31-22(15)37/h8-9,12-13,16,18,20,26,39H,4-7,10-11H2,1-2H3,(H4-,29,34,35,36,40,41,42,43,44)/p+1/t16-,18-,20-,26-,51?/m1/s1. The molecule has 5 heterocycles. The zero-order valence-corrected chi connectivity index (χ0v) is 29.9. The van der Waals surface area contributed by atoms with Crippen LogP contribution in [0.15, 0.2) is 23.4 Å². The number of rotatable bonds is 17. The summed E-state index contributed by atoms with van der Waals surface area (Å²) in [6.07, 6.45) is -4.55. The predicted octanol–water partition coefficient (Wildman–Crippen LogP) is 1.21. The van der Waals surface area contributed by atoms with Crippen molar-refractivity contribution >= 4 is 66.9 Å². The Kier molecular flexibility index (Phi) is 12.5. The molecule has 6 atom stereocenters. The van der Waals surface area contributed by atoms with Crippen molar-refractivity contribution < 1.29 is 51.4 Å². The first kappa shape index (κ1) is 39.0. The van der Waals surface area contributed by atoms with Crippen LogP contribution in [0.5, 0.6) is 0 Å². The van der Waals surface area contributed by atoms with Crippen LogP contribution in [0, 0.1) is 12.5 Å². The summed E-state index contributed by atoms with van der Waals surface area (Å²) < 4.78 is 58.4. The number of nitrogens with one attached hydrogen (secondary N) is 2. The molecule has 6 N–H and O–H groups in total. The third-order valence-electron chi connectivity index (χ3n) is 7.45. The lowest BCUT2D eigenvalue weighted by molar-refractivity contribution is -0.118. The fourth-order valence-electron chi connectivity index (χ4n) is 4.97. The van der Waals surface area contributed by atoms with Crippen LogP contribution in [0.4, 0.5) is 10.3 Å². The van der Waals surface area contributed by atoms with Crippen LogP contribution in [0.3, 0.4) is 0 Å². The number of imidazole rings is 2. The van der Waals surface area contributed by atoms with Crippen LogP contribution in [-0.4, -0.2) is 101 Å². The van der Waals surface area contributed by atoms with E-state index < -0.39 is 76.1 Å². The Morgan fingerprint density at radius 1 is 1.27 bits per heavy atom. The van der Waals surface area contributed by atoms with E-state index in [-0.39, 0.29) is 60.3 Å². The van der Waals surface area contributed by atoms with E-state index in [9.17, 15) is 28.9 Å². The highest BCUT2D eigenvalue weighted by Crippen LogP contribution is 2.51. The maximum atomic E-state index is 15.9. The first-order valence-corrected chi connectivity index (χ1v) is 19.0. The summed E-state index contributed by atoms with van der Waals surface area (Å²) in [6.45, 7) is 4.95. The van der Waals surface area contributed by atoms with E-state index in [1.54, 1.807) is 13.8 Å². The van der Waals surface area contributed by atoms with Gasteiger partial charge in [0.15, 0.2) is 35.3 Å². The summed E-state index contributed by atoms with van der Waals surface area (Å²) in [7, 11) is -3.36. The van der Waals surface area contributed by atoms with Gasteiger partial charge in [0.25, 0.3) is 5.56 Å². The van der Waals surface area contributed by atoms with E-state index in [0.29, 0.717) is 5.65 Å². The second-order valence-electron chi connectivity index (χ2n) is 11.3. The molecule has 1 aliphatic heterocycles. The Morgan fingerprint density at radius 2 is 2.02 bits per heavy atom. The number of carbonyl (C=O) groups excluding carboxylic acids is 2. The fourth-order valence-corrected chi connectivity index (χ4v) is 7.19. The van der Waals surface area contributed by atoms with Crippen molar-refractivity contribution in [3.63, 3.8) is 0 Å².